The average Bonchev–Trinajstić information content (AvgIpc) is 2.63. The minimum atomic E-state index is 0.338. The molecule has 7 heteroatoms. The highest BCUT2D eigenvalue weighted by Crippen LogP contribution is 2.20. The number of rotatable bonds is 6. The van der Waals surface area contributed by atoms with Gasteiger partial charge in [0.2, 0.25) is 5.95 Å². The first-order chi connectivity index (χ1) is 12.2. The van der Waals surface area contributed by atoms with E-state index in [0.29, 0.717) is 11.8 Å². The van der Waals surface area contributed by atoms with Gasteiger partial charge in [0.25, 0.3) is 0 Å². The third-order valence-corrected chi connectivity index (χ3v) is 3.33. The quantitative estimate of drug-likeness (QED) is 0.532. The molecule has 0 aliphatic heterocycles. The Balaban J connectivity index is 1.83. The van der Waals surface area contributed by atoms with Gasteiger partial charge in [-0.05, 0) is 24.6 Å². The van der Waals surface area contributed by atoms with Gasteiger partial charge in [-0.25, -0.2) is 10.5 Å². The molecule has 0 amide bonds. The summed E-state index contributed by atoms with van der Waals surface area (Å²) in [6.07, 6.45) is 5.17. The molecule has 3 aromatic rings. The van der Waals surface area contributed by atoms with Crippen molar-refractivity contribution in [1.29, 1.82) is 0 Å². The van der Waals surface area contributed by atoms with Crippen LogP contribution in [0.3, 0.4) is 0 Å². The number of hydrazone groups is 1. The SMILES string of the molecule is CONc1nc(NN=Cc2cccc(C)c2)cc(-c2ccncc2)n1. The lowest BCUT2D eigenvalue weighted by Crippen LogP contribution is -2.04. The van der Waals surface area contributed by atoms with Crippen molar-refractivity contribution in [1.82, 2.24) is 15.0 Å². The lowest BCUT2D eigenvalue weighted by molar-refractivity contribution is 0.267. The molecule has 3 rings (SSSR count). The van der Waals surface area contributed by atoms with Gasteiger partial charge in [0.05, 0.1) is 19.0 Å². The standard InChI is InChI=1S/C18H18N6O/c1-13-4-3-5-14(10-13)12-20-23-17-11-16(15-6-8-19-9-7-15)21-18(22-17)24-25-2/h3-12H,1-2H3,(H2,21,22,23,24). The van der Waals surface area contributed by atoms with Gasteiger partial charge >= 0.3 is 0 Å². The van der Waals surface area contributed by atoms with Crippen LogP contribution < -0.4 is 10.9 Å². The second-order valence-electron chi connectivity index (χ2n) is 5.29. The summed E-state index contributed by atoms with van der Waals surface area (Å²) >= 11 is 0. The van der Waals surface area contributed by atoms with Crippen LogP contribution in [0.25, 0.3) is 11.3 Å². The molecule has 2 N–H and O–H groups in total. The van der Waals surface area contributed by atoms with Gasteiger partial charge in [-0.2, -0.15) is 10.1 Å². The Morgan fingerprint density at radius 3 is 2.68 bits per heavy atom. The van der Waals surface area contributed by atoms with Crippen LogP contribution in [0.1, 0.15) is 11.1 Å². The molecule has 0 bridgehead atoms. The normalized spacial score (nSPS) is 10.8. The van der Waals surface area contributed by atoms with Crippen LogP contribution >= 0.6 is 0 Å². The number of benzene rings is 1. The maximum Gasteiger partial charge on any atom is 0.249 e. The van der Waals surface area contributed by atoms with Gasteiger partial charge in [-0.1, -0.05) is 29.8 Å². The number of aromatic nitrogens is 3. The fourth-order valence-corrected chi connectivity index (χ4v) is 2.24. The van der Waals surface area contributed by atoms with Crippen LogP contribution in [0.2, 0.25) is 0 Å². The summed E-state index contributed by atoms with van der Waals surface area (Å²) in [7, 11) is 1.51. The number of hydrogen-bond donors (Lipinski definition) is 2. The second kappa shape index (κ2) is 7.98. The largest absolute Gasteiger partial charge is 0.277 e. The van der Waals surface area contributed by atoms with Crippen molar-refractivity contribution in [3.63, 3.8) is 0 Å². The molecule has 0 radical (unpaired) electrons. The van der Waals surface area contributed by atoms with Crippen molar-refractivity contribution in [3.8, 4) is 11.3 Å². The summed E-state index contributed by atoms with van der Waals surface area (Å²) in [6, 6.07) is 13.6. The van der Waals surface area contributed by atoms with Gasteiger partial charge in [0.15, 0.2) is 5.82 Å². The monoisotopic (exact) mass is 334 g/mol. The highest BCUT2D eigenvalue weighted by atomic mass is 16.6. The number of nitrogens with one attached hydrogen (secondary N) is 2. The van der Waals surface area contributed by atoms with E-state index >= 15 is 0 Å². The Morgan fingerprint density at radius 1 is 1.08 bits per heavy atom. The van der Waals surface area contributed by atoms with Crippen molar-refractivity contribution in [2.75, 3.05) is 18.0 Å². The van der Waals surface area contributed by atoms with Gasteiger partial charge < -0.3 is 0 Å². The van der Waals surface area contributed by atoms with Crippen molar-refractivity contribution in [2.45, 2.75) is 6.92 Å². The molecule has 2 heterocycles. The van der Waals surface area contributed by atoms with Crippen molar-refractivity contribution >= 4 is 18.0 Å². The zero-order valence-corrected chi connectivity index (χ0v) is 14.0. The number of pyridine rings is 1. The maximum atomic E-state index is 4.91. The molecule has 0 aliphatic rings. The van der Waals surface area contributed by atoms with Crippen LogP contribution in [0.5, 0.6) is 0 Å². The van der Waals surface area contributed by atoms with Crippen molar-refractivity contribution in [3.05, 3.63) is 66.0 Å². The molecular weight excluding hydrogens is 316 g/mol. The summed E-state index contributed by atoms with van der Waals surface area (Å²) in [5.41, 5.74) is 9.40. The van der Waals surface area contributed by atoms with Gasteiger partial charge in [-0.3, -0.25) is 15.2 Å². The number of hydrogen-bond acceptors (Lipinski definition) is 7. The summed E-state index contributed by atoms with van der Waals surface area (Å²) in [4.78, 5) is 17.6. The molecule has 2 aromatic heterocycles. The van der Waals surface area contributed by atoms with Crippen LogP contribution in [0.15, 0.2) is 60.0 Å². The predicted molar refractivity (Wildman–Crippen MR) is 98.3 cm³/mol. The summed E-state index contributed by atoms with van der Waals surface area (Å²) in [6.45, 7) is 2.04. The smallest absolute Gasteiger partial charge is 0.249 e. The minimum absolute atomic E-state index is 0.338. The molecule has 1 aromatic carbocycles. The van der Waals surface area contributed by atoms with Gasteiger partial charge in [-0.15, -0.1) is 0 Å². The third kappa shape index (κ3) is 4.58. The van der Waals surface area contributed by atoms with E-state index in [9.17, 15) is 0 Å². The summed E-state index contributed by atoms with van der Waals surface area (Å²) in [5, 5.41) is 4.24. The highest BCUT2D eigenvalue weighted by molar-refractivity contribution is 5.80. The molecule has 25 heavy (non-hydrogen) atoms. The molecule has 0 aliphatic carbocycles. The van der Waals surface area contributed by atoms with Crippen LogP contribution in [0, 0.1) is 6.92 Å². The molecule has 0 fully saturated rings. The predicted octanol–water partition coefficient (Wildman–Crippen LogP) is 3.27. The first kappa shape index (κ1) is 16.5. The number of anilines is 2. The molecule has 0 spiro atoms. The van der Waals surface area contributed by atoms with E-state index in [2.05, 4.69) is 31.0 Å². The number of aryl methyl sites for hydroxylation is 1. The van der Waals surface area contributed by atoms with E-state index < -0.39 is 0 Å². The number of nitrogens with zero attached hydrogens (tertiary/aromatic N) is 4. The highest BCUT2D eigenvalue weighted by Gasteiger charge is 2.06. The Bertz CT molecular complexity index is 866. The second-order valence-corrected chi connectivity index (χ2v) is 5.29. The lowest BCUT2D eigenvalue weighted by Gasteiger charge is -2.08. The van der Waals surface area contributed by atoms with Crippen LogP contribution in [-0.2, 0) is 4.84 Å². The van der Waals surface area contributed by atoms with E-state index in [0.717, 1.165) is 16.8 Å². The van der Waals surface area contributed by atoms with E-state index in [1.54, 1.807) is 18.6 Å². The van der Waals surface area contributed by atoms with Crippen LogP contribution in [-0.4, -0.2) is 28.3 Å². The van der Waals surface area contributed by atoms with E-state index in [1.165, 1.54) is 12.7 Å². The first-order valence-electron chi connectivity index (χ1n) is 7.69. The molecule has 0 unspecified atom stereocenters. The fourth-order valence-electron chi connectivity index (χ4n) is 2.24. The Hall–Kier alpha value is -3.32. The molecule has 7 nitrogen and oxygen atoms in total. The topological polar surface area (TPSA) is 84.3 Å². The van der Waals surface area contributed by atoms with E-state index in [-0.39, 0.29) is 0 Å². The van der Waals surface area contributed by atoms with Crippen molar-refractivity contribution in [2.24, 2.45) is 5.10 Å². The Morgan fingerprint density at radius 2 is 1.92 bits per heavy atom. The van der Waals surface area contributed by atoms with E-state index in [1.807, 2.05) is 49.4 Å². The Labute approximate surface area is 145 Å². The molecule has 0 saturated heterocycles. The average molecular weight is 334 g/mol. The summed E-state index contributed by atoms with van der Waals surface area (Å²) in [5.74, 6) is 0.885. The maximum absolute atomic E-state index is 4.91. The lowest BCUT2D eigenvalue weighted by atomic mass is 10.2. The van der Waals surface area contributed by atoms with Gasteiger partial charge in [0.1, 0.15) is 0 Å². The van der Waals surface area contributed by atoms with Crippen LogP contribution in [0.4, 0.5) is 11.8 Å². The van der Waals surface area contributed by atoms with E-state index in [4.69, 9.17) is 4.84 Å². The Kier molecular flexibility index (Phi) is 5.28. The minimum Gasteiger partial charge on any atom is -0.277 e. The third-order valence-electron chi connectivity index (χ3n) is 3.33. The van der Waals surface area contributed by atoms with Crippen molar-refractivity contribution < 1.29 is 4.84 Å². The summed E-state index contributed by atoms with van der Waals surface area (Å²) < 4.78 is 0. The van der Waals surface area contributed by atoms with Gasteiger partial charge in [0, 0.05) is 24.0 Å². The zero-order chi connectivity index (χ0) is 17.5. The zero-order valence-electron chi connectivity index (χ0n) is 14.0. The molecule has 126 valence electrons. The fraction of sp³-hybridized carbons (Fsp3) is 0.111. The molecule has 0 atom stereocenters. The molecular formula is C18H18N6O. The first-order valence-corrected chi connectivity index (χ1v) is 7.69. The molecule has 0 saturated carbocycles.